The van der Waals surface area contributed by atoms with Crippen LogP contribution in [0.4, 0.5) is 5.69 Å². The molecule has 1 aliphatic heterocycles. The number of rotatable bonds is 5. The zero-order valence-electron chi connectivity index (χ0n) is 11.5. The third-order valence-electron chi connectivity index (χ3n) is 3.04. The van der Waals surface area contributed by atoms with Crippen LogP contribution in [0.2, 0.25) is 0 Å². The molecule has 2 amide bonds. The van der Waals surface area contributed by atoms with Gasteiger partial charge in [-0.2, -0.15) is 0 Å². The minimum absolute atomic E-state index is 0.0461. The van der Waals surface area contributed by atoms with Crippen molar-refractivity contribution in [3.05, 3.63) is 29.8 Å². The molecule has 0 fully saturated rings. The Morgan fingerprint density at radius 1 is 1.20 bits per heavy atom. The zero-order valence-corrected chi connectivity index (χ0v) is 11.5. The second kappa shape index (κ2) is 5.77. The number of anilines is 1. The Hall–Kier alpha value is -2.30. The summed E-state index contributed by atoms with van der Waals surface area (Å²) in [5.74, 6) is -0.403. The molecule has 0 saturated heterocycles. The molecule has 0 aromatic heterocycles. The van der Waals surface area contributed by atoms with Gasteiger partial charge >= 0.3 is 0 Å². The summed E-state index contributed by atoms with van der Waals surface area (Å²) in [4.78, 5) is 24.7. The molecule has 106 valence electrons. The average molecular weight is 275 g/mol. The highest BCUT2D eigenvalue weighted by atomic mass is 16.5. The van der Waals surface area contributed by atoms with E-state index in [0.717, 1.165) is 17.7 Å². The molecule has 20 heavy (non-hydrogen) atoms. The second-order valence-corrected chi connectivity index (χ2v) is 4.66. The van der Waals surface area contributed by atoms with E-state index in [9.17, 15) is 14.7 Å². The summed E-state index contributed by atoms with van der Waals surface area (Å²) >= 11 is 0. The number of amides is 2. The van der Waals surface area contributed by atoms with Crippen molar-refractivity contribution in [2.24, 2.45) is 0 Å². The topological polar surface area (TPSA) is 66.8 Å². The van der Waals surface area contributed by atoms with Crippen molar-refractivity contribution in [3.63, 3.8) is 0 Å². The van der Waals surface area contributed by atoms with E-state index < -0.39 is 11.8 Å². The van der Waals surface area contributed by atoms with E-state index in [0.29, 0.717) is 23.6 Å². The lowest BCUT2D eigenvalue weighted by atomic mass is 10.1. The first-order valence-corrected chi connectivity index (χ1v) is 6.57. The number of unbranched alkanes of at least 4 members (excludes halogenated alkanes) is 1. The van der Waals surface area contributed by atoms with Crippen molar-refractivity contribution < 1.29 is 19.4 Å². The van der Waals surface area contributed by atoms with Gasteiger partial charge in [0.05, 0.1) is 12.3 Å². The number of aromatic hydroxyl groups is 1. The van der Waals surface area contributed by atoms with Crippen LogP contribution >= 0.6 is 0 Å². The van der Waals surface area contributed by atoms with E-state index in [1.165, 1.54) is 24.3 Å². The maximum Gasteiger partial charge on any atom is 0.258 e. The Morgan fingerprint density at radius 2 is 1.85 bits per heavy atom. The molecule has 1 aliphatic rings. The van der Waals surface area contributed by atoms with Gasteiger partial charge in [0.15, 0.2) is 0 Å². The van der Waals surface area contributed by atoms with Gasteiger partial charge in [0.1, 0.15) is 11.5 Å². The molecule has 0 unspecified atom stereocenters. The molecule has 0 spiro atoms. The standard InChI is InChI=1S/C15H17NO4/c1-3-4-7-20-12-9-11(17)8-10(2)15(12)16-13(18)5-6-14(16)19/h5-6,8-9,17H,3-4,7H2,1-2H3. The highest BCUT2D eigenvalue weighted by molar-refractivity contribution is 6.28. The van der Waals surface area contributed by atoms with Crippen LogP contribution in [0.3, 0.4) is 0 Å². The smallest absolute Gasteiger partial charge is 0.258 e. The van der Waals surface area contributed by atoms with Gasteiger partial charge in [0.25, 0.3) is 11.8 Å². The SMILES string of the molecule is CCCCOc1cc(O)cc(C)c1N1C(=O)C=CC1=O. The Bertz CT molecular complexity index is 559. The quantitative estimate of drug-likeness (QED) is 0.661. The lowest BCUT2D eigenvalue weighted by Crippen LogP contribution is -2.30. The number of benzene rings is 1. The first-order chi connectivity index (χ1) is 9.54. The molecular formula is C15H17NO4. The van der Waals surface area contributed by atoms with Crippen LogP contribution in [-0.2, 0) is 9.59 Å². The van der Waals surface area contributed by atoms with Gasteiger partial charge in [-0.15, -0.1) is 0 Å². The van der Waals surface area contributed by atoms with Crippen molar-refractivity contribution in [2.45, 2.75) is 26.7 Å². The van der Waals surface area contributed by atoms with Crippen molar-refractivity contribution in [1.29, 1.82) is 0 Å². The van der Waals surface area contributed by atoms with Crippen LogP contribution < -0.4 is 9.64 Å². The number of phenolic OH excluding ortho intramolecular Hbond substituents is 1. The fraction of sp³-hybridized carbons (Fsp3) is 0.333. The largest absolute Gasteiger partial charge is 0.508 e. The van der Waals surface area contributed by atoms with E-state index in [4.69, 9.17) is 4.74 Å². The van der Waals surface area contributed by atoms with Gasteiger partial charge in [-0.05, 0) is 25.0 Å². The zero-order chi connectivity index (χ0) is 14.7. The maximum atomic E-state index is 11.8. The minimum Gasteiger partial charge on any atom is -0.508 e. The lowest BCUT2D eigenvalue weighted by molar-refractivity contribution is -0.120. The number of hydrogen-bond acceptors (Lipinski definition) is 4. The molecule has 0 saturated carbocycles. The summed E-state index contributed by atoms with van der Waals surface area (Å²) in [7, 11) is 0. The number of nitrogens with zero attached hydrogens (tertiary/aromatic N) is 1. The summed E-state index contributed by atoms with van der Waals surface area (Å²) in [6, 6.07) is 2.93. The van der Waals surface area contributed by atoms with Crippen molar-refractivity contribution in [1.82, 2.24) is 0 Å². The number of phenols is 1. The van der Waals surface area contributed by atoms with E-state index in [2.05, 4.69) is 0 Å². The average Bonchev–Trinajstić information content (AvgIpc) is 2.70. The fourth-order valence-electron chi connectivity index (χ4n) is 2.07. The first kappa shape index (κ1) is 14.1. The number of imide groups is 1. The highest BCUT2D eigenvalue weighted by Gasteiger charge is 2.29. The van der Waals surface area contributed by atoms with Crippen molar-refractivity contribution >= 4 is 17.5 Å². The summed E-state index contributed by atoms with van der Waals surface area (Å²) in [5, 5.41) is 9.67. The Kier molecular flexibility index (Phi) is 4.08. The highest BCUT2D eigenvalue weighted by Crippen LogP contribution is 2.37. The van der Waals surface area contributed by atoms with E-state index >= 15 is 0 Å². The maximum absolute atomic E-state index is 11.8. The minimum atomic E-state index is -0.399. The van der Waals surface area contributed by atoms with Crippen LogP contribution in [0.25, 0.3) is 0 Å². The number of ether oxygens (including phenoxy) is 1. The molecule has 1 aromatic carbocycles. The molecule has 1 aromatic rings. The van der Waals surface area contributed by atoms with Gasteiger partial charge in [-0.25, -0.2) is 4.90 Å². The van der Waals surface area contributed by atoms with Gasteiger partial charge in [0.2, 0.25) is 0 Å². The van der Waals surface area contributed by atoms with Crippen LogP contribution in [-0.4, -0.2) is 23.5 Å². The predicted molar refractivity (Wildman–Crippen MR) is 74.9 cm³/mol. The van der Waals surface area contributed by atoms with Crippen LogP contribution in [0.1, 0.15) is 25.3 Å². The van der Waals surface area contributed by atoms with Crippen LogP contribution in [0.5, 0.6) is 11.5 Å². The molecule has 0 radical (unpaired) electrons. The first-order valence-electron chi connectivity index (χ1n) is 6.57. The van der Waals surface area contributed by atoms with Gasteiger partial charge in [-0.1, -0.05) is 13.3 Å². The third-order valence-corrected chi connectivity index (χ3v) is 3.04. The van der Waals surface area contributed by atoms with Crippen molar-refractivity contribution in [3.8, 4) is 11.5 Å². The molecule has 0 atom stereocenters. The molecular weight excluding hydrogens is 258 g/mol. The summed E-state index contributed by atoms with van der Waals surface area (Å²) in [5.41, 5.74) is 1.01. The Balaban J connectivity index is 2.40. The number of aryl methyl sites for hydroxylation is 1. The molecule has 0 aliphatic carbocycles. The summed E-state index contributed by atoms with van der Waals surface area (Å²) in [6.45, 7) is 4.23. The molecule has 1 N–H and O–H groups in total. The predicted octanol–water partition coefficient (Wildman–Crippen LogP) is 2.31. The molecule has 1 heterocycles. The fourth-order valence-corrected chi connectivity index (χ4v) is 2.07. The van der Waals surface area contributed by atoms with E-state index in [1.54, 1.807) is 6.92 Å². The molecule has 0 bridgehead atoms. The van der Waals surface area contributed by atoms with Crippen LogP contribution in [0.15, 0.2) is 24.3 Å². The third kappa shape index (κ3) is 2.66. The second-order valence-electron chi connectivity index (χ2n) is 4.66. The lowest BCUT2D eigenvalue weighted by Gasteiger charge is -2.21. The Morgan fingerprint density at radius 3 is 2.45 bits per heavy atom. The number of carbonyl (C=O) groups is 2. The van der Waals surface area contributed by atoms with Gasteiger partial charge in [-0.3, -0.25) is 9.59 Å². The van der Waals surface area contributed by atoms with Crippen molar-refractivity contribution in [2.75, 3.05) is 11.5 Å². The van der Waals surface area contributed by atoms with Gasteiger partial charge in [0, 0.05) is 18.2 Å². The normalized spacial score (nSPS) is 14.2. The number of hydrogen-bond donors (Lipinski definition) is 1. The van der Waals surface area contributed by atoms with E-state index in [1.807, 2.05) is 6.92 Å². The van der Waals surface area contributed by atoms with Gasteiger partial charge < -0.3 is 9.84 Å². The molecule has 5 nitrogen and oxygen atoms in total. The Labute approximate surface area is 117 Å². The monoisotopic (exact) mass is 275 g/mol. The van der Waals surface area contributed by atoms with E-state index in [-0.39, 0.29) is 5.75 Å². The van der Waals surface area contributed by atoms with Crippen LogP contribution in [0, 0.1) is 6.92 Å². The molecule has 2 rings (SSSR count). The number of carbonyl (C=O) groups excluding carboxylic acids is 2. The molecule has 5 heteroatoms. The summed E-state index contributed by atoms with van der Waals surface area (Å²) in [6.07, 6.45) is 4.28. The summed E-state index contributed by atoms with van der Waals surface area (Å²) < 4.78 is 5.61.